The molecule has 6 nitrogen and oxygen atoms in total. The number of nitrogens with one attached hydrogen (secondary N) is 1. The lowest BCUT2D eigenvalue weighted by Crippen LogP contribution is -2.47. The second-order valence-electron chi connectivity index (χ2n) is 8.64. The number of rotatable bonds is 4. The molecule has 0 spiro atoms. The standard InChI is InChI=1S/C25H30N4O2/c1-19(30)29-10-8-27(9-11-29)16-20-6-7-25-21(14-20)17-28(12-13-31-25)18-22-15-26-24-5-3-2-4-23(22)24/h2-7,14-15,26H,8-13,16-18H2,1H3. The van der Waals surface area contributed by atoms with Crippen LogP contribution in [0, 0.1) is 0 Å². The Morgan fingerprint density at radius 3 is 2.68 bits per heavy atom. The molecule has 5 rings (SSSR count). The number of aromatic amines is 1. The number of hydrogen-bond donors (Lipinski definition) is 1. The third-order valence-electron chi connectivity index (χ3n) is 6.48. The van der Waals surface area contributed by atoms with Gasteiger partial charge in [0.05, 0.1) is 0 Å². The summed E-state index contributed by atoms with van der Waals surface area (Å²) in [6.07, 6.45) is 2.13. The lowest BCUT2D eigenvalue weighted by atomic mass is 10.1. The molecular weight excluding hydrogens is 388 g/mol. The van der Waals surface area contributed by atoms with Gasteiger partial charge in [0.25, 0.3) is 0 Å². The van der Waals surface area contributed by atoms with E-state index in [1.54, 1.807) is 6.92 Å². The van der Waals surface area contributed by atoms with Crippen molar-refractivity contribution in [2.75, 3.05) is 39.3 Å². The van der Waals surface area contributed by atoms with Crippen molar-refractivity contribution >= 4 is 16.8 Å². The van der Waals surface area contributed by atoms with E-state index in [1.165, 1.54) is 27.6 Å². The molecule has 3 heterocycles. The van der Waals surface area contributed by atoms with Crippen LogP contribution in [0.1, 0.15) is 23.6 Å². The number of H-pyrrole nitrogens is 1. The largest absolute Gasteiger partial charge is 0.492 e. The Hall–Kier alpha value is -2.83. The summed E-state index contributed by atoms with van der Waals surface area (Å²) in [6, 6.07) is 15.1. The summed E-state index contributed by atoms with van der Waals surface area (Å²) in [5.74, 6) is 1.18. The van der Waals surface area contributed by atoms with Crippen molar-refractivity contribution in [2.45, 2.75) is 26.6 Å². The van der Waals surface area contributed by atoms with E-state index in [-0.39, 0.29) is 5.91 Å². The first-order chi connectivity index (χ1) is 15.2. The van der Waals surface area contributed by atoms with Crippen LogP contribution in [0.4, 0.5) is 0 Å². The van der Waals surface area contributed by atoms with Crippen LogP contribution in [-0.4, -0.2) is 64.9 Å². The van der Waals surface area contributed by atoms with E-state index in [0.29, 0.717) is 6.61 Å². The number of nitrogens with zero attached hydrogens (tertiary/aromatic N) is 3. The highest BCUT2D eigenvalue weighted by Crippen LogP contribution is 2.27. The highest BCUT2D eigenvalue weighted by molar-refractivity contribution is 5.83. The average molecular weight is 419 g/mol. The zero-order valence-electron chi connectivity index (χ0n) is 18.1. The molecule has 1 fully saturated rings. The van der Waals surface area contributed by atoms with Gasteiger partial charge in [0.1, 0.15) is 12.4 Å². The number of fused-ring (bicyclic) bond motifs is 2. The van der Waals surface area contributed by atoms with Crippen LogP contribution in [-0.2, 0) is 24.4 Å². The van der Waals surface area contributed by atoms with Gasteiger partial charge in [0.2, 0.25) is 5.91 Å². The van der Waals surface area contributed by atoms with E-state index in [2.05, 4.69) is 63.4 Å². The van der Waals surface area contributed by atoms with E-state index in [9.17, 15) is 4.79 Å². The molecule has 0 unspecified atom stereocenters. The molecule has 0 aliphatic carbocycles. The third kappa shape index (κ3) is 4.45. The Morgan fingerprint density at radius 2 is 1.84 bits per heavy atom. The number of hydrogen-bond acceptors (Lipinski definition) is 4. The number of carbonyl (C=O) groups excluding carboxylic acids is 1. The highest BCUT2D eigenvalue weighted by Gasteiger charge is 2.20. The van der Waals surface area contributed by atoms with Crippen molar-refractivity contribution in [3.8, 4) is 5.75 Å². The summed E-state index contributed by atoms with van der Waals surface area (Å²) < 4.78 is 6.06. The summed E-state index contributed by atoms with van der Waals surface area (Å²) in [7, 11) is 0. The SMILES string of the molecule is CC(=O)N1CCN(Cc2ccc3c(c2)CN(Cc2c[nH]c4ccccc24)CCO3)CC1. The molecule has 6 heteroatoms. The predicted octanol–water partition coefficient (Wildman–Crippen LogP) is 3.23. The van der Waals surface area contributed by atoms with Gasteiger partial charge in [0, 0.05) is 81.9 Å². The molecule has 31 heavy (non-hydrogen) atoms. The quantitative estimate of drug-likeness (QED) is 0.707. The number of amides is 1. The Bertz CT molecular complexity index is 1070. The molecule has 0 bridgehead atoms. The summed E-state index contributed by atoms with van der Waals surface area (Å²) in [4.78, 5) is 21.8. The van der Waals surface area contributed by atoms with Crippen LogP contribution in [0.3, 0.4) is 0 Å². The molecule has 1 N–H and O–H groups in total. The number of carbonyl (C=O) groups is 1. The first-order valence-corrected chi connectivity index (χ1v) is 11.2. The zero-order chi connectivity index (χ0) is 21.2. The Morgan fingerprint density at radius 1 is 1.00 bits per heavy atom. The predicted molar refractivity (Wildman–Crippen MR) is 122 cm³/mol. The second kappa shape index (κ2) is 8.73. The number of para-hydroxylation sites is 1. The summed E-state index contributed by atoms with van der Waals surface area (Å²) in [6.45, 7) is 9.50. The minimum absolute atomic E-state index is 0.178. The molecular formula is C25H30N4O2. The van der Waals surface area contributed by atoms with Crippen LogP contribution in [0.2, 0.25) is 0 Å². The maximum atomic E-state index is 11.6. The minimum Gasteiger partial charge on any atom is -0.492 e. The van der Waals surface area contributed by atoms with Crippen molar-refractivity contribution in [3.05, 3.63) is 65.4 Å². The van der Waals surface area contributed by atoms with Crippen LogP contribution < -0.4 is 4.74 Å². The molecule has 1 aromatic heterocycles. The number of ether oxygens (including phenoxy) is 1. The summed E-state index contributed by atoms with van der Waals surface area (Å²) in [5.41, 5.74) is 5.10. The zero-order valence-corrected chi connectivity index (χ0v) is 18.1. The van der Waals surface area contributed by atoms with Crippen LogP contribution in [0.25, 0.3) is 10.9 Å². The molecule has 0 radical (unpaired) electrons. The first kappa shape index (κ1) is 20.1. The molecule has 3 aromatic rings. The third-order valence-corrected chi connectivity index (χ3v) is 6.48. The molecule has 2 aliphatic heterocycles. The van der Waals surface area contributed by atoms with E-state index < -0.39 is 0 Å². The number of benzene rings is 2. The van der Waals surface area contributed by atoms with Gasteiger partial charge >= 0.3 is 0 Å². The number of aromatic nitrogens is 1. The Labute approximate surface area is 183 Å². The fraction of sp³-hybridized carbons (Fsp3) is 0.400. The summed E-state index contributed by atoms with van der Waals surface area (Å²) >= 11 is 0. The van der Waals surface area contributed by atoms with Gasteiger partial charge in [0.15, 0.2) is 0 Å². The molecule has 2 aromatic carbocycles. The van der Waals surface area contributed by atoms with Gasteiger partial charge in [-0.25, -0.2) is 0 Å². The van der Waals surface area contributed by atoms with Gasteiger partial charge in [-0.15, -0.1) is 0 Å². The van der Waals surface area contributed by atoms with E-state index in [0.717, 1.165) is 58.1 Å². The molecule has 0 atom stereocenters. The van der Waals surface area contributed by atoms with Crippen molar-refractivity contribution in [2.24, 2.45) is 0 Å². The van der Waals surface area contributed by atoms with Crippen molar-refractivity contribution in [1.82, 2.24) is 19.7 Å². The average Bonchev–Trinajstić information content (AvgIpc) is 3.07. The monoisotopic (exact) mass is 418 g/mol. The first-order valence-electron chi connectivity index (χ1n) is 11.2. The lowest BCUT2D eigenvalue weighted by Gasteiger charge is -2.34. The fourth-order valence-corrected chi connectivity index (χ4v) is 4.72. The normalized spacial score (nSPS) is 17.9. The second-order valence-corrected chi connectivity index (χ2v) is 8.64. The Kier molecular flexibility index (Phi) is 5.66. The molecule has 1 amide bonds. The van der Waals surface area contributed by atoms with Crippen molar-refractivity contribution in [1.29, 1.82) is 0 Å². The number of piperazine rings is 1. The molecule has 0 saturated carbocycles. The van der Waals surface area contributed by atoms with Crippen molar-refractivity contribution in [3.63, 3.8) is 0 Å². The van der Waals surface area contributed by atoms with E-state index in [1.807, 2.05) is 4.90 Å². The summed E-state index contributed by atoms with van der Waals surface area (Å²) in [5, 5.41) is 1.30. The topological polar surface area (TPSA) is 51.8 Å². The maximum Gasteiger partial charge on any atom is 0.219 e. The molecule has 162 valence electrons. The highest BCUT2D eigenvalue weighted by atomic mass is 16.5. The van der Waals surface area contributed by atoms with Gasteiger partial charge in [-0.3, -0.25) is 14.6 Å². The van der Waals surface area contributed by atoms with Gasteiger partial charge in [-0.1, -0.05) is 24.3 Å². The van der Waals surface area contributed by atoms with Crippen LogP contribution >= 0.6 is 0 Å². The molecule has 2 aliphatic rings. The van der Waals surface area contributed by atoms with Gasteiger partial charge in [-0.05, 0) is 29.3 Å². The smallest absolute Gasteiger partial charge is 0.219 e. The van der Waals surface area contributed by atoms with Crippen molar-refractivity contribution < 1.29 is 9.53 Å². The maximum absolute atomic E-state index is 11.6. The van der Waals surface area contributed by atoms with Gasteiger partial charge in [-0.2, -0.15) is 0 Å². The van der Waals surface area contributed by atoms with Crippen LogP contribution in [0.15, 0.2) is 48.7 Å². The lowest BCUT2D eigenvalue weighted by molar-refractivity contribution is -0.130. The molecule has 1 saturated heterocycles. The minimum atomic E-state index is 0.178. The Balaban J connectivity index is 1.27. The van der Waals surface area contributed by atoms with Crippen LogP contribution in [0.5, 0.6) is 5.75 Å². The van der Waals surface area contributed by atoms with E-state index >= 15 is 0 Å². The fourth-order valence-electron chi connectivity index (χ4n) is 4.72. The van der Waals surface area contributed by atoms with E-state index in [4.69, 9.17) is 4.74 Å². The van der Waals surface area contributed by atoms with Gasteiger partial charge < -0.3 is 14.6 Å².